The zero-order valence-corrected chi connectivity index (χ0v) is 15.6. The molecule has 1 amide bonds. The third-order valence-corrected chi connectivity index (χ3v) is 6.07. The molecule has 5 rings (SSSR count). The molecule has 3 aliphatic heterocycles. The molecule has 0 aliphatic carbocycles. The zero-order chi connectivity index (χ0) is 18.2. The summed E-state index contributed by atoms with van der Waals surface area (Å²) in [5.74, 6) is 1.29. The summed E-state index contributed by atoms with van der Waals surface area (Å²) in [5, 5.41) is 4.55. The van der Waals surface area contributed by atoms with Crippen LogP contribution in [-0.4, -0.2) is 53.4 Å². The minimum atomic E-state index is 0.224. The molecule has 2 aromatic rings. The number of hydrogen-bond acceptors (Lipinski definition) is 4. The highest BCUT2D eigenvalue weighted by Crippen LogP contribution is 2.28. The smallest absolute Gasteiger partial charge is 0.227 e. The monoisotopic (exact) mass is 366 g/mol. The van der Waals surface area contributed by atoms with Crippen molar-refractivity contribution >= 4 is 11.6 Å². The van der Waals surface area contributed by atoms with E-state index in [0.29, 0.717) is 12.5 Å². The van der Waals surface area contributed by atoms with Crippen LogP contribution < -0.4 is 9.64 Å². The standard InChI is InChI=1S/C21H26N4O2/c26-21-2-1-8-24(21)19-13-22-25(15-19)18-6-10-23(14-18)9-5-16-3-4-20-17(12-16)7-11-27-20/h3-4,12-13,15,18H,1-2,5-11,14H2. The first-order valence-electron chi connectivity index (χ1n) is 10.1. The summed E-state index contributed by atoms with van der Waals surface area (Å²) in [4.78, 5) is 16.3. The summed E-state index contributed by atoms with van der Waals surface area (Å²) in [6.07, 6.45) is 8.75. The van der Waals surface area contributed by atoms with Crippen LogP contribution in [0, 0.1) is 0 Å². The van der Waals surface area contributed by atoms with E-state index in [1.165, 1.54) is 11.1 Å². The topological polar surface area (TPSA) is 50.6 Å². The minimum absolute atomic E-state index is 0.224. The highest BCUT2D eigenvalue weighted by Gasteiger charge is 2.27. The number of amides is 1. The average Bonchev–Trinajstić information content (AvgIpc) is 3.44. The SMILES string of the molecule is O=C1CCCN1c1cnn(C2CCN(CCc3ccc4c(c3)CCO4)C2)c1. The molecule has 4 heterocycles. The third-order valence-electron chi connectivity index (χ3n) is 6.07. The van der Waals surface area contributed by atoms with Crippen LogP contribution in [0.4, 0.5) is 5.69 Å². The Hall–Kier alpha value is -2.34. The average molecular weight is 366 g/mol. The van der Waals surface area contributed by atoms with E-state index >= 15 is 0 Å². The number of nitrogens with zero attached hydrogens (tertiary/aromatic N) is 4. The molecule has 2 saturated heterocycles. The summed E-state index contributed by atoms with van der Waals surface area (Å²) in [5.41, 5.74) is 3.71. The summed E-state index contributed by atoms with van der Waals surface area (Å²) in [6.45, 7) is 4.86. The van der Waals surface area contributed by atoms with Crippen molar-refractivity contribution in [2.45, 2.75) is 38.1 Å². The van der Waals surface area contributed by atoms with Crippen LogP contribution in [0.5, 0.6) is 5.75 Å². The van der Waals surface area contributed by atoms with Crippen molar-refractivity contribution in [3.05, 3.63) is 41.7 Å². The fourth-order valence-electron chi connectivity index (χ4n) is 4.50. The lowest BCUT2D eigenvalue weighted by Gasteiger charge is -2.16. The molecule has 0 N–H and O–H groups in total. The lowest BCUT2D eigenvalue weighted by Crippen LogP contribution is -2.24. The molecule has 6 nitrogen and oxygen atoms in total. The fraction of sp³-hybridized carbons (Fsp3) is 0.524. The molecule has 0 spiro atoms. The van der Waals surface area contributed by atoms with Crippen LogP contribution in [0.25, 0.3) is 0 Å². The van der Waals surface area contributed by atoms with Crippen LogP contribution in [0.2, 0.25) is 0 Å². The number of benzene rings is 1. The second-order valence-corrected chi connectivity index (χ2v) is 7.86. The van der Waals surface area contributed by atoms with Gasteiger partial charge in [-0.2, -0.15) is 5.10 Å². The molecule has 27 heavy (non-hydrogen) atoms. The largest absolute Gasteiger partial charge is 0.493 e. The molecule has 3 aliphatic rings. The number of fused-ring (bicyclic) bond motifs is 1. The first kappa shape index (κ1) is 16.8. The van der Waals surface area contributed by atoms with Crippen molar-refractivity contribution in [3.8, 4) is 5.75 Å². The van der Waals surface area contributed by atoms with E-state index in [9.17, 15) is 4.79 Å². The second kappa shape index (κ2) is 7.00. The molecule has 0 bridgehead atoms. The molecule has 0 saturated carbocycles. The molecule has 1 aromatic heterocycles. The van der Waals surface area contributed by atoms with Crippen molar-refractivity contribution in [1.29, 1.82) is 0 Å². The molecule has 142 valence electrons. The first-order chi connectivity index (χ1) is 13.3. The Balaban J connectivity index is 1.17. The molecule has 6 heteroatoms. The summed E-state index contributed by atoms with van der Waals surface area (Å²) >= 11 is 0. The summed E-state index contributed by atoms with van der Waals surface area (Å²) in [7, 11) is 0. The lowest BCUT2D eigenvalue weighted by atomic mass is 10.1. The van der Waals surface area contributed by atoms with Gasteiger partial charge in [0.15, 0.2) is 0 Å². The van der Waals surface area contributed by atoms with Crippen molar-refractivity contribution in [1.82, 2.24) is 14.7 Å². The van der Waals surface area contributed by atoms with Gasteiger partial charge in [0.2, 0.25) is 5.91 Å². The van der Waals surface area contributed by atoms with Gasteiger partial charge in [0.05, 0.1) is 24.5 Å². The van der Waals surface area contributed by atoms with Gasteiger partial charge < -0.3 is 14.5 Å². The predicted octanol–water partition coefficient (Wildman–Crippen LogP) is 2.43. The molecule has 1 aromatic carbocycles. The van der Waals surface area contributed by atoms with Crippen molar-refractivity contribution in [3.63, 3.8) is 0 Å². The van der Waals surface area contributed by atoms with E-state index < -0.39 is 0 Å². The molecule has 2 fully saturated rings. The van der Waals surface area contributed by atoms with Gasteiger partial charge in [-0.15, -0.1) is 0 Å². The van der Waals surface area contributed by atoms with Crippen molar-refractivity contribution < 1.29 is 9.53 Å². The van der Waals surface area contributed by atoms with Crippen LogP contribution in [0.1, 0.15) is 36.4 Å². The molecule has 1 atom stereocenters. The van der Waals surface area contributed by atoms with Gasteiger partial charge in [0.1, 0.15) is 5.75 Å². The van der Waals surface area contributed by atoms with Gasteiger partial charge in [-0.25, -0.2) is 0 Å². The van der Waals surface area contributed by atoms with E-state index in [-0.39, 0.29) is 5.91 Å². The lowest BCUT2D eigenvalue weighted by molar-refractivity contribution is -0.117. The van der Waals surface area contributed by atoms with Crippen LogP contribution in [0.15, 0.2) is 30.6 Å². The van der Waals surface area contributed by atoms with E-state index in [0.717, 1.165) is 69.9 Å². The van der Waals surface area contributed by atoms with Gasteiger partial charge in [0.25, 0.3) is 0 Å². The number of likely N-dealkylation sites (tertiary alicyclic amines) is 1. The zero-order valence-electron chi connectivity index (χ0n) is 15.6. The molecular formula is C21H26N4O2. The highest BCUT2D eigenvalue weighted by atomic mass is 16.5. The number of rotatable bonds is 5. The Morgan fingerprint density at radius 2 is 2.19 bits per heavy atom. The second-order valence-electron chi connectivity index (χ2n) is 7.86. The predicted molar refractivity (Wildman–Crippen MR) is 103 cm³/mol. The normalized spacial score (nSPS) is 22.4. The number of anilines is 1. The van der Waals surface area contributed by atoms with Crippen molar-refractivity contribution in [2.24, 2.45) is 0 Å². The maximum Gasteiger partial charge on any atom is 0.227 e. The Bertz CT molecular complexity index is 846. The fourth-order valence-corrected chi connectivity index (χ4v) is 4.50. The Morgan fingerprint density at radius 3 is 3.07 bits per heavy atom. The third kappa shape index (κ3) is 3.34. The van der Waals surface area contributed by atoms with E-state index in [1.54, 1.807) is 0 Å². The summed E-state index contributed by atoms with van der Waals surface area (Å²) < 4.78 is 7.66. The van der Waals surface area contributed by atoms with E-state index in [1.807, 2.05) is 11.1 Å². The minimum Gasteiger partial charge on any atom is -0.493 e. The van der Waals surface area contributed by atoms with Gasteiger partial charge in [0, 0.05) is 45.2 Å². The molecule has 0 radical (unpaired) electrons. The molecule has 1 unspecified atom stereocenters. The van der Waals surface area contributed by atoms with E-state index in [4.69, 9.17) is 4.74 Å². The quantitative estimate of drug-likeness (QED) is 0.816. The molecular weight excluding hydrogens is 340 g/mol. The van der Waals surface area contributed by atoms with Crippen molar-refractivity contribution in [2.75, 3.05) is 37.7 Å². The number of hydrogen-bond donors (Lipinski definition) is 0. The maximum absolute atomic E-state index is 11.9. The Morgan fingerprint density at radius 1 is 1.22 bits per heavy atom. The first-order valence-corrected chi connectivity index (χ1v) is 10.1. The van der Waals surface area contributed by atoms with Gasteiger partial charge >= 0.3 is 0 Å². The van der Waals surface area contributed by atoms with Gasteiger partial charge in [-0.1, -0.05) is 12.1 Å². The van der Waals surface area contributed by atoms with Crippen LogP contribution in [0.3, 0.4) is 0 Å². The summed E-state index contributed by atoms with van der Waals surface area (Å²) in [6, 6.07) is 7.03. The maximum atomic E-state index is 11.9. The van der Waals surface area contributed by atoms with Crippen LogP contribution in [-0.2, 0) is 17.6 Å². The van der Waals surface area contributed by atoms with E-state index in [2.05, 4.69) is 39.1 Å². The van der Waals surface area contributed by atoms with Gasteiger partial charge in [-0.05, 0) is 36.5 Å². The highest BCUT2D eigenvalue weighted by molar-refractivity contribution is 5.95. The number of ether oxygens (including phenoxy) is 1. The number of carbonyl (C=O) groups is 1. The number of aromatic nitrogens is 2. The van der Waals surface area contributed by atoms with Crippen LogP contribution >= 0.6 is 0 Å². The van der Waals surface area contributed by atoms with Gasteiger partial charge in [-0.3, -0.25) is 9.48 Å². The Labute approximate surface area is 159 Å². The number of carbonyl (C=O) groups excluding carboxylic acids is 1. The Kier molecular flexibility index (Phi) is 4.36.